The van der Waals surface area contributed by atoms with Crippen molar-refractivity contribution in [2.24, 2.45) is 11.7 Å². The predicted molar refractivity (Wildman–Crippen MR) is 57.9 cm³/mol. The van der Waals surface area contributed by atoms with E-state index in [1.807, 2.05) is 0 Å². The van der Waals surface area contributed by atoms with E-state index in [-0.39, 0.29) is 17.4 Å². The van der Waals surface area contributed by atoms with Crippen LogP contribution in [0.1, 0.15) is 46.0 Å². The van der Waals surface area contributed by atoms with Crippen LogP contribution in [0.2, 0.25) is 0 Å². The zero-order valence-corrected chi connectivity index (χ0v) is 9.31. The molecule has 14 heavy (non-hydrogen) atoms. The van der Waals surface area contributed by atoms with Gasteiger partial charge < -0.3 is 11.1 Å². The minimum Gasteiger partial charge on any atom is -0.351 e. The van der Waals surface area contributed by atoms with Crippen LogP contribution in [0.25, 0.3) is 0 Å². The van der Waals surface area contributed by atoms with Crippen LogP contribution in [-0.4, -0.2) is 18.0 Å². The lowest BCUT2D eigenvalue weighted by Crippen LogP contribution is -2.50. The topological polar surface area (TPSA) is 55.1 Å². The fourth-order valence-corrected chi connectivity index (χ4v) is 1.72. The molecule has 3 N–H and O–H groups in total. The van der Waals surface area contributed by atoms with Gasteiger partial charge >= 0.3 is 0 Å². The number of carbonyl (C=O) groups is 1. The van der Waals surface area contributed by atoms with Gasteiger partial charge in [0.1, 0.15) is 0 Å². The van der Waals surface area contributed by atoms with Gasteiger partial charge in [0.15, 0.2) is 0 Å². The van der Waals surface area contributed by atoms with Gasteiger partial charge in [-0.3, -0.25) is 4.79 Å². The summed E-state index contributed by atoms with van der Waals surface area (Å²) in [6.07, 6.45) is 5.14. The summed E-state index contributed by atoms with van der Waals surface area (Å²) in [5.41, 5.74) is 5.44. The van der Waals surface area contributed by atoms with Crippen LogP contribution < -0.4 is 11.1 Å². The second-order valence-electron chi connectivity index (χ2n) is 4.57. The lowest BCUT2D eigenvalue weighted by molar-refractivity contribution is -0.129. The minimum absolute atomic E-state index is 0.0958. The SMILES string of the molecule is CCC(C)(CCN)NC(=O)C1CCC1. The fraction of sp³-hybridized carbons (Fsp3) is 0.909. The number of rotatable bonds is 5. The molecule has 1 aliphatic rings. The molecule has 1 unspecified atom stereocenters. The summed E-state index contributed by atoms with van der Waals surface area (Å²) in [6.45, 7) is 4.81. The molecule has 1 rings (SSSR count). The van der Waals surface area contributed by atoms with Crippen molar-refractivity contribution in [1.29, 1.82) is 0 Å². The van der Waals surface area contributed by atoms with Crippen molar-refractivity contribution in [2.75, 3.05) is 6.54 Å². The van der Waals surface area contributed by atoms with Crippen LogP contribution >= 0.6 is 0 Å². The van der Waals surface area contributed by atoms with Gasteiger partial charge in [-0.1, -0.05) is 13.3 Å². The Labute approximate surface area is 86.4 Å². The van der Waals surface area contributed by atoms with Gasteiger partial charge in [-0.05, 0) is 39.2 Å². The molecule has 0 bridgehead atoms. The van der Waals surface area contributed by atoms with E-state index in [2.05, 4.69) is 19.2 Å². The summed E-state index contributed by atoms with van der Waals surface area (Å²) in [5.74, 6) is 0.507. The first kappa shape index (κ1) is 11.5. The molecule has 0 aliphatic heterocycles. The number of hydrogen-bond donors (Lipinski definition) is 2. The third kappa shape index (κ3) is 2.71. The number of amides is 1. The highest BCUT2D eigenvalue weighted by molar-refractivity contribution is 5.80. The lowest BCUT2D eigenvalue weighted by Gasteiger charge is -2.33. The Balaban J connectivity index is 2.41. The Bertz CT molecular complexity index is 201. The molecular formula is C11H22N2O. The molecule has 0 saturated heterocycles. The highest BCUT2D eigenvalue weighted by Gasteiger charge is 2.30. The average Bonchev–Trinajstić information content (AvgIpc) is 2.01. The summed E-state index contributed by atoms with van der Waals surface area (Å²) < 4.78 is 0. The highest BCUT2D eigenvalue weighted by atomic mass is 16.2. The average molecular weight is 198 g/mol. The van der Waals surface area contributed by atoms with Gasteiger partial charge in [-0.15, -0.1) is 0 Å². The molecule has 1 fully saturated rings. The largest absolute Gasteiger partial charge is 0.351 e. The van der Waals surface area contributed by atoms with Gasteiger partial charge in [0.2, 0.25) is 5.91 Å². The van der Waals surface area contributed by atoms with E-state index in [1.165, 1.54) is 6.42 Å². The van der Waals surface area contributed by atoms with Crippen LogP contribution in [0.3, 0.4) is 0 Å². The molecule has 1 saturated carbocycles. The molecule has 1 aliphatic carbocycles. The first-order chi connectivity index (χ1) is 6.61. The van der Waals surface area contributed by atoms with E-state index >= 15 is 0 Å². The standard InChI is InChI=1S/C11H22N2O/c1-3-11(2,7-8-12)13-10(14)9-5-4-6-9/h9H,3-8,12H2,1-2H3,(H,13,14). The maximum atomic E-state index is 11.7. The molecule has 0 aromatic heterocycles. The Hall–Kier alpha value is -0.570. The van der Waals surface area contributed by atoms with Crippen LogP contribution in [0.5, 0.6) is 0 Å². The minimum atomic E-state index is -0.0958. The molecule has 3 nitrogen and oxygen atoms in total. The Morgan fingerprint density at radius 3 is 2.57 bits per heavy atom. The summed E-state index contributed by atoms with van der Waals surface area (Å²) >= 11 is 0. The first-order valence-corrected chi connectivity index (χ1v) is 5.63. The summed E-state index contributed by atoms with van der Waals surface area (Å²) in [6, 6.07) is 0. The summed E-state index contributed by atoms with van der Waals surface area (Å²) in [4.78, 5) is 11.7. The maximum Gasteiger partial charge on any atom is 0.223 e. The van der Waals surface area contributed by atoms with Crippen molar-refractivity contribution in [3.05, 3.63) is 0 Å². The smallest absolute Gasteiger partial charge is 0.223 e. The molecule has 0 aromatic rings. The predicted octanol–water partition coefficient (Wildman–Crippen LogP) is 1.42. The van der Waals surface area contributed by atoms with Crippen LogP contribution in [0.15, 0.2) is 0 Å². The number of nitrogens with two attached hydrogens (primary N) is 1. The van der Waals surface area contributed by atoms with Gasteiger partial charge in [-0.25, -0.2) is 0 Å². The van der Waals surface area contributed by atoms with Gasteiger partial charge in [0, 0.05) is 11.5 Å². The van der Waals surface area contributed by atoms with E-state index in [1.54, 1.807) is 0 Å². The van der Waals surface area contributed by atoms with E-state index in [4.69, 9.17) is 5.73 Å². The Morgan fingerprint density at radius 1 is 1.57 bits per heavy atom. The van der Waals surface area contributed by atoms with Crippen molar-refractivity contribution in [1.82, 2.24) is 5.32 Å². The normalized spacial score (nSPS) is 21.1. The Morgan fingerprint density at radius 2 is 2.21 bits per heavy atom. The Kier molecular flexibility index (Phi) is 3.93. The van der Waals surface area contributed by atoms with E-state index in [9.17, 15) is 4.79 Å². The highest BCUT2D eigenvalue weighted by Crippen LogP contribution is 2.27. The number of hydrogen-bond acceptors (Lipinski definition) is 2. The van der Waals surface area contributed by atoms with Crippen molar-refractivity contribution in [2.45, 2.75) is 51.5 Å². The first-order valence-electron chi connectivity index (χ1n) is 5.63. The number of carbonyl (C=O) groups excluding carboxylic acids is 1. The molecule has 0 spiro atoms. The van der Waals surface area contributed by atoms with Crippen LogP contribution in [0, 0.1) is 5.92 Å². The third-order valence-corrected chi connectivity index (χ3v) is 3.38. The van der Waals surface area contributed by atoms with Crippen molar-refractivity contribution >= 4 is 5.91 Å². The van der Waals surface area contributed by atoms with Crippen molar-refractivity contribution in [3.8, 4) is 0 Å². The molecule has 82 valence electrons. The zero-order chi connectivity index (χ0) is 10.6. The monoisotopic (exact) mass is 198 g/mol. The van der Waals surface area contributed by atoms with Gasteiger partial charge in [0.25, 0.3) is 0 Å². The molecule has 0 aromatic carbocycles. The summed E-state index contributed by atoms with van der Waals surface area (Å²) in [7, 11) is 0. The molecule has 3 heteroatoms. The van der Waals surface area contributed by atoms with Gasteiger partial charge in [0.05, 0.1) is 0 Å². The molecule has 0 radical (unpaired) electrons. The molecule has 1 atom stereocenters. The maximum absolute atomic E-state index is 11.7. The molecular weight excluding hydrogens is 176 g/mol. The van der Waals surface area contributed by atoms with Gasteiger partial charge in [-0.2, -0.15) is 0 Å². The second kappa shape index (κ2) is 4.78. The quantitative estimate of drug-likeness (QED) is 0.702. The lowest BCUT2D eigenvalue weighted by atomic mass is 9.83. The molecule has 0 heterocycles. The molecule has 1 amide bonds. The number of nitrogens with one attached hydrogen (secondary N) is 1. The third-order valence-electron chi connectivity index (χ3n) is 3.38. The zero-order valence-electron chi connectivity index (χ0n) is 9.31. The van der Waals surface area contributed by atoms with Crippen LogP contribution in [-0.2, 0) is 4.79 Å². The van der Waals surface area contributed by atoms with E-state index in [0.29, 0.717) is 6.54 Å². The summed E-state index contributed by atoms with van der Waals surface area (Å²) in [5, 5.41) is 3.13. The van der Waals surface area contributed by atoms with E-state index in [0.717, 1.165) is 25.7 Å². The van der Waals surface area contributed by atoms with E-state index < -0.39 is 0 Å². The fourth-order valence-electron chi connectivity index (χ4n) is 1.72. The second-order valence-corrected chi connectivity index (χ2v) is 4.57. The van der Waals surface area contributed by atoms with Crippen LogP contribution in [0.4, 0.5) is 0 Å². The van der Waals surface area contributed by atoms with Crippen molar-refractivity contribution < 1.29 is 4.79 Å². The van der Waals surface area contributed by atoms with Crippen molar-refractivity contribution in [3.63, 3.8) is 0 Å².